The summed E-state index contributed by atoms with van der Waals surface area (Å²) in [5.41, 5.74) is 35.6. The zero-order valence-electron chi connectivity index (χ0n) is 22.8. The minimum atomic E-state index is -1.60. The highest BCUT2D eigenvalue weighted by Crippen LogP contribution is 2.34. The van der Waals surface area contributed by atoms with Crippen molar-refractivity contribution in [2.24, 2.45) is 34.4 Å². The molecule has 3 aliphatic heterocycles. The third kappa shape index (κ3) is 6.60. The molecule has 0 aromatic rings. The van der Waals surface area contributed by atoms with Crippen LogP contribution in [0, 0.1) is 0 Å². The third-order valence-electron chi connectivity index (χ3n) is 8.37. The van der Waals surface area contributed by atoms with Gasteiger partial charge in [-0.05, 0) is 6.42 Å². The average molecular weight is 615 g/mol. The minimum absolute atomic E-state index is 0.0889. The maximum atomic E-state index is 11.1. The van der Waals surface area contributed by atoms with Crippen molar-refractivity contribution in [3.63, 3.8) is 0 Å². The monoisotopic (exact) mass is 614 g/mol. The van der Waals surface area contributed by atoms with Gasteiger partial charge in [0.05, 0.1) is 24.8 Å². The van der Waals surface area contributed by atoms with Gasteiger partial charge in [-0.15, -0.1) is 0 Å². The quantitative estimate of drug-likeness (QED) is 0.115. The number of aliphatic hydroxyl groups excluding tert-OH is 7. The van der Waals surface area contributed by atoms with Gasteiger partial charge in [-0.3, -0.25) is 0 Å². The summed E-state index contributed by atoms with van der Waals surface area (Å²) in [6.07, 6.45) is -19.8. The largest absolute Gasteiger partial charge is 0.394 e. The lowest BCUT2D eigenvalue weighted by atomic mass is 9.84. The summed E-state index contributed by atoms with van der Waals surface area (Å²) in [6.45, 7) is -0.967. The molecule has 4 aliphatic rings. The van der Waals surface area contributed by atoms with Crippen LogP contribution in [0.15, 0.2) is 0 Å². The number of aliphatic hydroxyl groups is 7. The smallest absolute Gasteiger partial charge is 0.187 e. The maximum Gasteiger partial charge on any atom is 0.187 e. The first-order valence-corrected chi connectivity index (χ1v) is 13.9. The molecule has 0 aromatic carbocycles. The van der Waals surface area contributed by atoms with Crippen molar-refractivity contribution >= 4 is 0 Å². The Kier molecular flexibility index (Phi) is 11.5. The van der Waals surface area contributed by atoms with Crippen LogP contribution in [0.3, 0.4) is 0 Å². The predicted molar refractivity (Wildman–Crippen MR) is 138 cm³/mol. The van der Waals surface area contributed by atoms with Gasteiger partial charge in [0, 0.05) is 25.2 Å². The highest BCUT2D eigenvalue weighted by Gasteiger charge is 2.54. The standard InChI is InChI=1S/C23H46N6O13/c24-2-7-13(32)15(34)10(28)21(37-7)40-18-6(27)1-5(26)12(31)20(18)42-23-17(36)19(9(4-30)39-23)41-22-11(29)16(35)14(33)8(3-25)38-22/h5-23,30-36H,1-4,24-29H2/t5-,6+,7+,8+,9-,10+,11-,12+,13+,14-,15+,16-,17-,18?,19-,20-,21+,22?,23?/m0/s1. The summed E-state index contributed by atoms with van der Waals surface area (Å²) in [6, 6.07) is -4.18. The van der Waals surface area contributed by atoms with E-state index in [2.05, 4.69) is 0 Å². The van der Waals surface area contributed by atoms with E-state index in [0.717, 1.165) is 0 Å². The van der Waals surface area contributed by atoms with Gasteiger partial charge < -0.3 is 98.6 Å². The van der Waals surface area contributed by atoms with Gasteiger partial charge in [-0.25, -0.2) is 0 Å². The van der Waals surface area contributed by atoms with Gasteiger partial charge in [0.1, 0.15) is 67.1 Å². The first-order chi connectivity index (χ1) is 19.8. The third-order valence-corrected chi connectivity index (χ3v) is 8.37. The normalized spacial score (nSPS) is 53.8. The Labute approximate surface area is 241 Å². The molecular weight excluding hydrogens is 568 g/mol. The second-order valence-corrected chi connectivity index (χ2v) is 11.2. The molecule has 3 unspecified atom stereocenters. The number of hydrogen-bond acceptors (Lipinski definition) is 19. The Morgan fingerprint density at radius 1 is 0.524 bits per heavy atom. The molecule has 0 radical (unpaired) electrons. The summed E-state index contributed by atoms with van der Waals surface area (Å²) >= 11 is 0. The fourth-order valence-electron chi connectivity index (χ4n) is 5.74. The molecule has 19 atom stereocenters. The second-order valence-electron chi connectivity index (χ2n) is 11.2. The number of hydrogen-bond donors (Lipinski definition) is 13. The van der Waals surface area contributed by atoms with Crippen LogP contribution >= 0.6 is 0 Å². The second kappa shape index (κ2) is 14.1. The first-order valence-electron chi connectivity index (χ1n) is 13.9. The molecule has 246 valence electrons. The van der Waals surface area contributed by atoms with Gasteiger partial charge in [-0.2, -0.15) is 0 Å². The Hall–Kier alpha value is -0.760. The van der Waals surface area contributed by atoms with Gasteiger partial charge in [0.15, 0.2) is 18.9 Å². The van der Waals surface area contributed by atoms with Crippen molar-refractivity contribution in [1.29, 1.82) is 0 Å². The van der Waals surface area contributed by atoms with Crippen LogP contribution in [0.1, 0.15) is 6.42 Å². The summed E-state index contributed by atoms with van der Waals surface area (Å²) in [7, 11) is 0. The van der Waals surface area contributed by atoms with Crippen LogP contribution in [0.5, 0.6) is 0 Å². The molecule has 0 aromatic heterocycles. The topological polar surface area (TPSA) is 353 Å². The number of rotatable bonds is 9. The van der Waals surface area contributed by atoms with Crippen LogP contribution in [0.4, 0.5) is 0 Å². The van der Waals surface area contributed by atoms with Gasteiger partial charge in [0.25, 0.3) is 0 Å². The van der Waals surface area contributed by atoms with E-state index in [0.29, 0.717) is 0 Å². The first kappa shape index (κ1) is 34.1. The van der Waals surface area contributed by atoms with Crippen LogP contribution in [0.25, 0.3) is 0 Å². The van der Waals surface area contributed by atoms with Crippen molar-refractivity contribution in [3.05, 3.63) is 0 Å². The molecule has 19 nitrogen and oxygen atoms in total. The molecule has 3 saturated heterocycles. The average Bonchev–Trinajstić information content (AvgIpc) is 3.27. The summed E-state index contributed by atoms with van der Waals surface area (Å²) in [5, 5.41) is 73.0. The Bertz CT molecular complexity index is 868. The molecule has 0 spiro atoms. The van der Waals surface area contributed by atoms with Crippen LogP contribution in [-0.2, 0) is 28.4 Å². The van der Waals surface area contributed by atoms with E-state index in [4.69, 9.17) is 62.8 Å². The van der Waals surface area contributed by atoms with Crippen molar-refractivity contribution in [1.82, 2.24) is 0 Å². The van der Waals surface area contributed by atoms with E-state index in [1.165, 1.54) is 0 Å². The lowest BCUT2D eigenvalue weighted by molar-refractivity contribution is -0.306. The number of ether oxygens (including phenoxy) is 6. The van der Waals surface area contributed by atoms with Crippen molar-refractivity contribution in [2.75, 3.05) is 19.7 Å². The summed E-state index contributed by atoms with van der Waals surface area (Å²) in [5.74, 6) is 0. The fraction of sp³-hybridized carbons (Fsp3) is 1.00. The molecule has 0 bridgehead atoms. The lowest BCUT2D eigenvalue weighted by Crippen LogP contribution is -2.68. The Balaban J connectivity index is 1.50. The molecule has 19 heteroatoms. The van der Waals surface area contributed by atoms with Gasteiger partial charge >= 0.3 is 0 Å². The van der Waals surface area contributed by atoms with E-state index in [1.807, 2.05) is 0 Å². The molecule has 3 heterocycles. The highest BCUT2D eigenvalue weighted by atomic mass is 16.8. The van der Waals surface area contributed by atoms with Crippen LogP contribution in [-0.4, -0.2) is 172 Å². The Morgan fingerprint density at radius 2 is 0.976 bits per heavy atom. The maximum absolute atomic E-state index is 11.1. The predicted octanol–water partition coefficient (Wildman–Crippen LogP) is -8.90. The molecule has 4 fully saturated rings. The molecular formula is C23H46N6O13. The molecule has 1 saturated carbocycles. The van der Waals surface area contributed by atoms with E-state index < -0.39 is 123 Å². The van der Waals surface area contributed by atoms with E-state index in [9.17, 15) is 35.7 Å². The fourth-order valence-corrected chi connectivity index (χ4v) is 5.74. The minimum Gasteiger partial charge on any atom is -0.394 e. The van der Waals surface area contributed by atoms with Crippen LogP contribution in [0.2, 0.25) is 0 Å². The van der Waals surface area contributed by atoms with Crippen molar-refractivity contribution in [2.45, 2.75) is 123 Å². The van der Waals surface area contributed by atoms with Crippen LogP contribution < -0.4 is 34.4 Å². The molecule has 0 amide bonds. The summed E-state index contributed by atoms with van der Waals surface area (Å²) in [4.78, 5) is 0. The van der Waals surface area contributed by atoms with Crippen molar-refractivity contribution < 1.29 is 64.2 Å². The molecule has 1 aliphatic carbocycles. The zero-order valence-corrected chi connectivity index (χ0v) is 22.8. The SMILES string of the molecule is NC[C@H]1OC(O[C@H]2[C@H](CO)OC(O[C@@H]3C(O[C@H]4O[C@H](CN)[C@@H](O)[C@H](O)[C@H]4N)[C@H](N)C[C@H](N)[C@H]3O)[C@H]2O)[C@@H](N)[C@H](O)[C@H]1O. The highest BCUT2D eigenvalue weighted by molar-refractivity contribution is 5.02. The number of nitrogens with two attached hydrogens (primary N) is 6. The Morgan fingerprint density at radius 3 is 1.45 bits per heavy atom. The summed E-state index contributed by atoms with van der Waals surface area (Å²) < 4.78 is 34.6. The van der Waals surface area contributed by atoms with E-state index in [1.54, 1.807) is 0 Å². The molecule has 19 N–H and O–H groups in total. The van der Waals surface area contributed by atoms with Crippen molar-refractivity contribution in [3.8, 4) is 0 Å². The van der Waals surface area contributed by atoms with E-state index in [-0.39, 0.29) is 19.5 Å². The molecule has 4 rings (SSSR count). The van der Waals surface area contributed by atoms with E-state index >= 15 is 0 Å². The zero-order chi connectivity index (χ0) is 31.0. The van der Waals surface area contributed by atoms with Gasteiger partial charge in [0.2, 0.25) is 0 Å². The van der Waals surface area contributed by atoms with Gasteiger partial charge in [-0.1, -0.05) is 0 Å². The molecule has 42 heavy (non-hydrogen) atoms. The lowest BCUT2D eigenvalue weighted by Gasteiger charge is -2.47.